The number of halogens is 1. The van der Waals surface area contributed by atoms with Crippen LogP contribution in [0.25, 0.3) is 0 Å². The molecule has 174 valence electrons. The summed E-state index contributed by atoms with van der Waals surface area (Å²) in [6, 6.07) is 16.5. The molecule has 1 atom stereocenters. The lowest BCUT2D eigenvalue weighted by molar-refractivity contribution is 0.0342. The molecular weight excluding hydrogens is 519 g/mol. The van der Waals surface area contributed by atoms with Crippen molar-refractivity contribution in [3.8, 4) is 11.5 Å². The molecule has 32 heavy (non-hydrogen) atoms. The zero-order valence-electron chi connectivity index (χ0n) is 18.6. The highest BCUT2D eigenvalue weighted by Crippen LogP contribution is 2.30. The fraction of sp³-hybridized carbons (Fsp3) is 0.458. The summed E-state index contributed by atoms with van der Waals surface area (Å²) in [7, 11) is 0. The first-order chi connectivity index (χ1) is 15.3. The lowest BCUT2D eigenvalue weighted by atomic mass is 10.1. The van der Waals surface area contributed by atoms with Crippen LogP contribution in [-0.2, 0) is 17.8 Å². The van der Waals surface area contributed by atoms with Gasteiger partial charge in [-0.05, 0) is 30.2 Å². The van der Waals surface area contributed by atoms with Gasteiger partial charge in [0.2, 0.25) is 0 Å². The molecule has 1 fully saturated rings. The molecule has 0 saturated carbocycles. The van der Waals surface area contributed by atoms with E-state index >= 15 is 0 Å². The molecule has 0 spiro atoms. The van der Waals surface area contributed by atoms with Crippen molar-refractivity contribution in [3.05, 3.63) is 59.7 Å². The molecule has 2 aromatic carbocycles. The topological polar surface area (TPSA) is 67.4 Å². The maximum atomic E-state index is 6.02. The van der Waals surface area contributed by atoms with Crippen LogP contribution in [0, 0.1) is 0 Å². The Hall–Kier alpha value is -2.04. The maximum Gasteiger partial charge on any atom is 0.191 e. The maximum absolute atomic E-state index is 6.02. The highest BCUT2D eigenvalue weighted by atomic mass is 127. The number of fused-ring (bicyclic) bond motifs is 1. The Morgan fingerprint density at radius 2 is 1.72 bits per heavy atom. The SMILES string of the molecule is CCNC(=NCc1ccc(CN2CCOCC2)cc1)NCC1COc2ccccc2O1.I. The molecule has 2 aliphatic heterocycles. The van der Waals surface area contributed by atoms with Gasteiger partial charge >= 0.3 is 0 Å². The molecule has 1 unspecified atom stereocenters. The van der Waals surface area contributed by atoms with Crippen LogP contribution in [0.5, 0.6) is 11.5 Å². The van der Waals surface area contributed by atoms with Crippen molar-refractivity contribution in [3.63, 3.8) is 0 Å². The minimum atomic E-state index is -0.0572. The molecule has 0 amide bonds. The molecule has 7 nitrogen and oxygen atoms in total. The molecule has 0 bridgehead atoms. The summed E-state index contributed by atoms with van der Waals surface area (Å²) in [4.78, 5) is 7.16. The number of guanidine groups is 1. The van der Waals surface area contributed by atoms with Gasteiger partial charge in [0.15, 0.2) is 17.5 Å². The molecule has 4 rings (SSSR count). The van der Waals surface area contributed by atoms with E-state index in [4.69, 9.17) is 19.2 Å². The summed E-state index contributed by atoms with van der Waals surface area (Å²) in [6.45, 7) is 9.28. The van der Waals surface area contributed by atoms with Crippen LogP contribution in [0.4, 0.5) is 0 Å². The van der Waals surface area contributed by atoms with Crippen LogP contribution in [0.15, 0.2) is 53.5 Å². The number of morpholine rings is 1. The number of hydrogen-bond donors (Lipinski definition) is 2. The standard InChI is InChI=1S/C24H32N4O3.HI/c1-2-25-24(27-16-21-18-30-22-5-3-4-6-23(22)31-21)26-15-19-7-9-20(10-8-19)17-28-11-13-29-14-12-28;/h3-10,21H,2,11-18H2,1H3,(H2,25,26,27);1H. The minimum Gasteiger partial charge on any atom is -0.486 e. The molecule has 0 aromatic heterocycles. The monoisotopic (exact) mass is 552 g/mol. The second-order valence-electron chi connectivity index (χ2n) is 7.78. The van der Waals surface area contributed by atoms with Crippen molar-refractivity contribution >= 4 is 29.9 Å². The number of hydrogen-bond acceptors (Lipinski definition) is 5. The number of nitrogens with one attached hydrogen (secondary N) is 2. The van der Waals surface area contributed by atoms with E-state index in [9.17, 15) is 0 Å². The molecule has 2 aliphatic rings. The van der Waals surface area contributed by atoms with E-state index in [-0.39, 0.29) is 30.1 Å². The second kappa shape index (κ2) is 12.9. The van der Waals surface area contributed by atoms with Gasteiger partial charge in [-0.15, -0.1) is 24.0 Å². The third kappa shape index (κ3) is 7.25. The van der Waals surface area contributed by atoms with Gasteiger partial charge in [0.1, 0.15) is 12.7 Å². The summed E-state index contributed by atoms with van der Waals surface area (Å²) in [6.07, 6.45) is -0.0572. The summed E-state index contributed by atoms with van der Waals surface area (Å²) in [5.74, 6) is 2.37. The van der Waals surface area contributed by atoms with Crippen LogP contribution < -0.4 is 20.1 Å². The number of para-hydroxylation sites is 2. The Bertz CT molecular complexity index is 857. The molecule has 2 N–H and O–H groups in total. The van der Waals surface area contributed by atoms with E-state index in [1.54, 1.807) is 0 Å². The normalized spacial score (nSPS) is 18.5. The molecule has 1 saturated heterocycles. The van der Waals surface area contributed by atoms with E-state index in [0.717, 1.165) is 56.9 Å². The molecule has 2 aromatic rings. The largest absolute Gasteiger partial charge is 0.486 e. The zero-order valence-corrected chi connectivity index (χ0v) is 20.9. The molecule has 0 aliphatic carbocycles. The number of ether oxygens (including phenoxy) is 3. The van der Waals surface area contributed by atoms with Crippen LogP contribution in [-0.4, -0.2) is 63.0 Å². The Kier molecular flexibility index (Phi) is 9.89. The van der Waals surface area contributed by atoms with Crippen molar-refractivity contribution in [1.29, 1.82) is 0 Å². The highest BCUT2D eigenvalue weighted by Gasteiger charge is 2.20. The Balaban J connectivity index is 0.00000289. The van der Waals surface area contributed by atoms with E-state index in [0.29, 0.717) is 19.7 Å². The minimum absolute atomic E-state index is 0. The van der Waals surface area contributed by atoms with Crippen molar-refractivity contribution in [1.82, 2.24) is 15.5 Å². The van der Waals surface area contributed by atoms with Crippen molar-refractivity contribution in [2.45, 2.75) is 26.1 Å². The first-order valence-electron chi connectivity index (χ1n) is 11.1. The fourth-order valence-corrected chi connectivity index (χ4v) is 3.65. The molecule has 2 heterocycles. The summed E-state index contributed by atoms with van der Waals surface area (Å²) in [5, 5.41) is 6.67. The van der Waals surface area contributed by atoms with Gasteiger partial charge < -0.3 is 24.8 Å². The number of benzene rings is 2. The smallest absolute Gasteiger partial charge is 0.191 e. The third-order valence-corrected chi connectivity index (χ3v) is 5.36. The van der Waals surface area contributed by atoms with E-state index in [1.165, 1.54) is 11.1 Å². The van der Waals surface area contributed by atoms with Crippen LogP contribution in [0.3, 0.4) is 0 Å². The Morgan fingerprint density at radius 3 is 2.47 bits per heavy atom. The van der Waals surface area contributed by atoms with Gasteiger partial charge in [0.25, 0.3) is 0 Å². The third-order valence-electron chi connectivity index (χ3n) is 5.36. The lowest BCUT2D eigenvalue weighted by Gasteiger charge is -2.27. The van der Waals surface area contributed by atoms with Crippen LogP contribution in [0.1, 0.15) is 18.1 Å². The number of rotatable bonds is 7. The first-order valence-corrected chi connectivity index (χ1v) is 11.1. The van der Waals surface area contributed by atoms with Gasteiger partial charge in [-0.1, -0.05) is 36.4 Å². The van der Waals surface area contributed by atoms with Crippen molar-refractivity contribution in [2.24, 2.45) is 4.99 Å². The highest BCUT2D eigenvalue weighted by molar-refractivity contribution is 14.0. The number of nitrogens with zero attached hydrogens (tertiary/aromatic N) is 2. The summed E-state index contributed by atoms with van der Waals surface area (Å²) in [5.41, 5.74) is 2.52. The predicted octanol–water partition coefficient (Wildman–Crippen LogP) is 3.03. The average molecular weight is 552 g/mol. The van der Waals surface area contributed by atoms with Gasteiger partial charge in [0.05, 0.1) is 26.3 Å². The summed E-state index contributed by atoms with van der Waals surface area (Å²) >= 11 is 0. The Morgan fingerprint density at radius 1 is 1.00 bits per heavy atom. The number of aliphatic imine (C=N–C) groups is 1. The van der Waals surface area contributed by atoms with Crippen molar-refractivity contribution in [2.75, 3.05) is 46.0 Å². The van der Waals surface area contributed by atoms with E-state index < -0.39 is 0 Å². The lowest BCUT2D eigenvalue weighted by Crippen LogP contribution is -2.45. The van der Waals surface area contributed by atoms with Crippen molar-refractivity contribution < 1.29 is 14.2 Å². The van der Waals surface area contributed by atoms with Crippen LogP contribution >= 0.6 is 24.0 Å². The van der Waals surface area contributed by atoms with Gasteiger partial charge in [-0.2, -0.15) is 0 Å². The quantitative estimate of drug-likeness (QED) is 0.313. The second-order valence-corrected chi connectivity index (χ2v) is 7.78. The van der Waals surface area contributed by atoms with Crippen LogP contribution in [0.2, 0.25) is 0 Å². The zero-order chi connectivity index (χ0) is 21.3. The predicted molar refractivity (Wildman–Crippen MR) is 137 cm³/mol. The molecular formula is C24H33IN4O3. The van der Waals surface area contributed by atoms with E-state index in [2.05, 4.69) is 46.7 Å². The van der Waals surface area contributed by atoms with Gasteiger partial charge in [-0.25, -0.2) is 4.99 Å². The van der Waals surface area contributed by atoms with Gasteiger partial charge in [-0.3, -0.25) is 4.90 Å². The van der Waals surface area contributed by atoms with E-state index in [1.807, 2.05) is 24.3 Å². The molecule has 8 heteroatoms. The summed E-state index contributed by atoms with van der Waals surface area (Å²) < 4.78 is 17.2. The average Bonchev–Trinajstić information content (AvgIpc) is 2.82. The Labute approximate surface area is 207 Å². The molecule has 0 radical (unpaired) electrons. The first kappa shape index (κ1) is 24.6. The van der Waals surface area contributed by atoms with Gasteiger partial charge in [0, 0.05) is 26.2 Å². The fourth-order valence-electron chi connectivity index (χ4n) is 3.65.